The van der Waals surface area contributed by atoms with Crippen LogP contribution in [0.15, 0.2) is 18.2 Å². The molecule has 1 saturated heterocycles. The van der Waals surface area contributed by atoms with E-state index in [-0.39, 0.29) is 23.5 Å². The topological polar surface area (TPSA) is 58.6 Å². The predicted octanol–water partition coefficient (Wildman–Crippen LogP) is 1.83. The first kappa shape index (κ1) is 12.8. The van der Waals surface area contributed by atoms with Crippen LogP contribution in [0.4, 0.5) is 4.39 Å². The van der Waals surface area contributed by atoms with Gasteiger partial charge in [0, 0.05) is 6.61 Å². The number of nitrogens with one attached hydrogen (secondary N) is 1. The van der Waals surface area contributed by atoms with Crippen molar-refractivity contribution in [1.82, 2.24) is 5.32 Å². The third-order valence-electron chi connectivity index (χ3n) is 3.10. The van der Waals surface area contributed by atoms with Gasteiger partial charge in [-0.25, -0.2) is 4.39 Å². The Balaban J connectivity index is 2.07. The molecule has 2 N–H and O–H groups in total. The normalized spacial score (nSPS) is 20.7. The third kappa shape index (κ3) is 2.61. The second-order valence-corrected chi connectivity index (χ2v) is 4.45. The highest BCUT2D eigenvalue weighted by Crippen LogP contribution is 2.21. The molecule has 2 atom stereocenters. The van der Waals surface area contributed by atoms with Gasteiger partial charge in [0.05, 0.1) is 12.1 Å². The third-order valence-corrected chi connectivity index (χ3v) is 3.10. The Labute approximate surface area is 105 Å². The Morgan fingerprint density at radius 3 is 3.00 bits per heavy atom. The molecule has 0 radical (unpaired) electrons. The lowest BCUT2D eigenvalue weighted by Gasteiger charge is -2.20. The van der Waals surface area contributed by atoms with Gasteiger partial charge in [-0.05, 0) is 31.9 Å². The maximum atomic E-state index is 13.5. The first-order chi connectivity index (χ1) is 8.59. The molecule has 2 unspecified atom stereocenters. The number of rotatable bonds is 3. The van der Waals surface area contributed by atoms with Gasteiger partial charge < -0.3 is 15.2 Å². The van der Waals surface area contributed by atoms with Gasteiger partial charge in [-0.15, -0.1) is 0 Å². The van der Waals surface area contributed by atoms with Crippen LogP contribution < -0.4 is 5.32 Å². The molecule has 98 valence electrons. The molecule has 0 saturated carbocycles. The Kier molecular flexibility index (Phi) is 3.81. The summed E-state index contributed by atoms with van der Waals surface area (Å²) in [6.45, 7) is 2.50. The molecule has 5 heteroatoms. The Morgan fingerprint density at radius 1 is 1.61 bits per heavy atom. The van der Waals surface area contributed by atoms with Gasteiger partial charge in [0.25, 0.3) is 5.91 Å². The van der Waals surface area contributed by atoms with E-state index < -0.39 is 11.7 Å². The molecule has 0 aliphatic carbocycles. The molecule has 0 bridgehead atoms. The Bertz CT molecular complexity index is 424. The Hall–Kier alpha value is -1.62. The van der Waals surface area contributed by atoms with Gasteiger partial charge >= 0.3 is 0 Å². The van der Waals surface area contributed by atoms with Gasteiger partial charge in [-0.2, -0.15) is 0 Å². The monoisotopic (exact) mass is 253 g/mol. The number of hydrogen-bond donors (Lipinski definition) is 2. The molecule has 1 aromatic rings. The van der Waals surface area contributed by atoms with Crippen LogP contribution in [-0.2, 0) is 4.74 Å². The summed E-state index contributed by atoms with van der Waals surface area (Å²) in [5.41, 5.74) is -0.317. The number of aromatic hydroxyl groups is 1. The highest BCUT2D eigenvalue weighted by atomic mass is 19.1. The number of carbonyl (C=O) groups is 1. The van der Waals surface area contributed by atoms with Gasteiger partial charge in [0.2, 0.25) is 0 Å². The van der Waals surface area contributed by atoms with Gasteiger partial charge in [-0.3, -0.25) is 4.79 Å². The zero-order valence-corrected chi connectivity index (χ0v) is 10.1. The first-order valence-electron chi connectivity index (χ1n) is 5.99. The SMILES string of the molecule is CC(NC(=O)c1c(O)cccc1F)C1CCCO1. The first-order valence-corrected chi connectivity index (χ1v) is 5.99. The number of carbonyl (C=O) groups excluding carboxylic acids is 1. The summed E-state index contributed by atoms with van der Waals surface area (Å²) >= 11 is 0. The molecule has 1 fully saturated rings. The van der Waals surface area contributed by atoms with Crippen LogP contribution in [0.3, 0.4) is 0 Å². The molecule has 2 rings (SSSR count). The van der Waals surface area contributed by atoms with Crippen LogP contribution in [0.2, 0.25) is 0 Å². The van der Waals surface area contributed by atoms with Crippen LogP contribution in [0.5, 0.6) is 5.75 Å². The molecule has 4 nitrogen and oxygen atoms in total. The summed E-state index contributed by atoms with van der Waals surface area (Å²) in [6.07, 6.45) is 1.81. The number of phenolic OH excluding ortho intramolecular Hbond substituents is 1. The predicted molar refractivity (Wildman–Crippen MR) is 64.0 cm³/mol. The number of ether oxygens (including phenoxy) is 1. The molecule has 1 amide bonds. The van der Waals surface area contributed by atoms with Crippen molar-refractivity contribution in [2.75, 3.05) is 6.61 Å². The van der Waals surface area contributed by atoms with E-state index in [1.807, 2.05) is 6.92 Å². The van der Waals surface area contributed by atoms with E-state index in [1.165, 1.54) is 12.1 Å². The van der Waals surface area contributed by atoms with E-state index >= 15 is 0 Å². The van der Waals surface area contributed by atoms with E-state index in [9.17, 15) is 14.3 Å². The van der Waals surface area contributed by atoms with Gasteiger partial charge in [0.1, 0.15) is 17.1 Å². The molecule has 0 aromatic heterocycles. The maximum absolute atomic E-state index is 13.5. The van der Waals surface area contributed by atoms with Crippen molar-refractivity contribution in [3.05, 3.63) is 29.6 Å². The van der Waals surface area contributed by atoms with Crippen LogP contribution >= 0.6 is 0 Å². The van der Waals surface area contributed by atoms with Gasteiger partial charge in [0.15, 0.2) is 0 Å². The van der Waals surface area contributed by atoms with Crippen LogP contribution in [0.1, 0.15) is 30.1 Å². The standard InChI is InChI=1S/C13H16FNO3/c1-8(11-6-3-7-18-11)15-13(17)12-9(14)4-2-5-10(12)16/h2,4-5,8,11,16H,3,6-7H2,1H3,(H,15,17). The van der Waals surface area contributed by atoms with Crippen molar-refractivity contribution in [3.8, 4) is 5.75 Å². The summed E-state index contributed by atoms with van der Waals surface area (Å²) in [5.74, 6) is -1.70. The molecule has 0 spiro atoms. The zero-order valence-electron chi connectivity index (χ0n) is 10.1. The highest BCUT2D eigenvalue weighted by molar-refractivity contribution is 5.97. The van der Waals surface area contributed by atoms with E-state index in [0.29, 0.717) is 6.61 Å². The summed E-state index contributed by atoms with van der Waals surface area (Å²) in [5, 5.41) is 12.2. The van der Waals surface area contributed by atoms with Crippen molar-refractivity contribution < 1.29 is 19.0 Å². The number of amides is 1. The second-order valence-electron chi connectivity index (χ2n) is 4.45. The van der Waals surface area contributed by atoms with Crippen LogP contribution in [-0.4, -0.2) is 29.8 Å². The fraction of sp³-hybridized carbons (Fsp3) is 0.462. The van der Waals surface area contributed by atoms with Crippen molar-refractivity contribution in [1.29, 1.82) is 0 Å². The fourth-order valence-corrected chi connectivity index (χ4v) is 2.11. The van der Waals surface area contributed by atoms with Crippen LogP contribution in [0.25, 0.3) is 0 Å². The molecular formula is C13H16FNO3. The maximum Gasteiger partial charge on any atom is 0.258 e. The number of hydrogen-bond acceptors (Lipinski definition) is 3. The van der Waals surface area contributed by atoms with Crippen molar-refractivity contribution in [3.63, 3.8) is 0 Å². The van der Waals surface area contributed by atoms with Crippen LogP contribution in [0, 0.1) is 5.82 Å². The number of phenols is 1. The van der Waals surface area contributed by atoms with Crippen molar-refractivity contribution in [2.24, 2.45) is 0 Å². The van der Waals surface area contributed by atoms with Crippen molar-refractivity contribution >= 4 is 5.91 Å². The van der Waals surface area contributed by atoms with E-state index in [1.54, 1.807) is 0 Å². The number of benzene rings is 1. The Morgan fingerprint density at radius 2 is 2.39 bits per heavy atom. The molecule has 18 heavy (non-hydrogen) atoms. The highest BCUT2D eigenvalue weighted by Gasteiger charge is 2.25. The van der Waals surface area contributed by atoms with E-state index in [0.717, 1.165) is 18.9 Å². The smallest absolute Gasteiger partial charge is 0.258 e. The quantitative estimate of drug-likeness (QED) is 0.864. The summed E-state index contributed by atoms with van der Waals surface area (Å²) < 4.78 is 18.9. The number of halogens is 1. The summed E-state index contributed by atoms with van der Waals surface area (Å²) in [4.78, 5) is 11.9. The molecular weight excluding hydrogens is 237 g/mol. The molecule has 1 aromatic carbocycles. The van der Waals surface area contributed by atoms with E-state index in [2.05, 4.69) is 5.32 Å². The second kappa shape index (κ2) is 5.35. The van der Waals surface area contributed by atoms with Gasteiger partial charge in [-0.1, -0.05) is 6.07 Å². The lowest BCUT2D eigenvalue weighted by atomic mass is 10.1. The van der Waals surface area contributed by atoms with E-state index in [4.69, 9.17) is 4.74 Å². The largest absolute Gasteiger partial charge is 0.507 e. The fourth-order valence-electron chi connectivity index (χ4n) is 2.11. The lowest BCUT2D eigenvalue weighted by molar-refractivity contribution is 0.0708. The average molecular weight is 253 g/mol. The molecule has 1 aliphatic heterocycles. The minimum Gasteiger partial charge on any atom is -0.507 e. The minimum atomic E-state index is -0.730. The van der Waals surface area contributed by atoms with Crippen molar-refractivity contribution in [2.45, 2.75) is 31.9 Å². The lowest BCUT2D eigenvalue weighted by Crippen LogP contribution is -2.41. The zero-order chi connectivity index (χ0) is 13.1. The summed E-state index contributed by atoms with van der Waals surface area (Å²) in [6, 6.07) is 3.57. The molecule has 1 heterocycles. The molecule has 1 aliphatic rings. The minimum absolute atomic E-state index is 0.0390. The average Bonchev–Trinajstić information content (AvgIpc) is 2.81. The summed E-state index contributed by atoms with van der Waals surface area (Å²) in [7, 11) is 0.